The summed E-state index contributed by atoms with van der Waals surface area (Å²) in [6, 6.07) is 17.0. The SMILES string of the molecule is CCc1ccccc1Nc1nc(N)nc(COC(=O)[C@H](CC)Oc2ccccc2)n1. The van der Waals surface area contributed by atoms with Crippen molar-refractivity contribution in [2.45, 2.75) is 39.4 Å². The Kier molecular flexibility index (Phi) is 7.15. The number of nitrogen functional groups attached to an aromatic ring is 1. The number of hydrogen-bond acceptors (Lipinski definition) is 8. The predicted molar refractivity (Wildman–Crippen MR) is 114 cm³/mol. The van der Waals surface area contributed by atoms with Gasteiger partial charge in [-0.3, -0.25) is 0 Å². The van der Waals surface area contributed by atoms with Gasteiger partial charge in [0.05, 0.1) is 0 Å². The highest BCUT2D eigenvalue weighted by atomic mass is 16.6. The molecular weight excluding hydrogens is 382 g/mol. The molecule has 0 saturated carbocycles. The van der Waals surface area contributed by atoms with Crippen LogP contribution in [0.1, 0.15) is 31.7 Å². The van der Waals surface area contributed by atoms with Gasteiger partial charge in [-0.1, -0.05) is 50.2 Å². The number of carbonyl (C=O) groups excluding carboxylic acids is 1. The van der Waals surface area contributed by atoms with Crippen LogP contribution in [0.4, 0.5) is 17.6 Å². The molecule has 0 amide bonds. The molecule has 3 aromatic rings. The van der Waals surface area contributed by atoms with E-state index in [0.717, 1.165) is 17.7 Å². The quantitative estimate of drug-likeness (QED) is 0.517. The summed E-state index contributed by atoms with van der Waals surface area (Å²) in [5.41, 5.74) is 7.81. The summed E-state index contributed by atoms with van der Waals surface area (Å²) in [5.74, 6) is 0.696. The summed E-state index contributed by atoms with van der Waals surface area (Å²) < 4.78 is 11.1. The van der Waals surface area contributed by atoms with E-state index in [0.29, 0.717) is 18.1 Å². The molecule has 1 heterocycles. The zero-order valence-electron chi connectivity index (χ0n) is 17.0. The van der Waals surface area contributed by atoms with E-state index in [1.54, 1.807) is 12.1 Å². The molecule has 0 spiro atoms. The van der Waals surface area contributed by atoms with Gasteiger partial charge in [-0.25, -0.2) is 4.79 Å². The molecule has 3 rings (SSSR count). The normalized spacial score (nSPS) is 11.5. The van der Waals surface area contributed by atoms with Gasteiger partial charge < -0.3 is 20.5 Å². The Bertz CT molecular complexity index is 982. The molecule has 0 aliphatic heterocycles. The maximum atomic E-state index is 12.4. The highest BCUT2D eigenvalue weighted by molar-refractivity contribution is 5.75. The van der Waals surface area contributed by atoms with Crippen molar-refractivity contribution in [1.82, 2.24) is 15.0 Å². The number of hydrogen-bond donors (Lipinski definition) is 2. The lowest BCUT2D eigenvalue weighted by atomic mass is 10.1. The van der Waals surface area contributed by atoms with Gasteiger partial charge in [0.2, 0.25) is 11.9 Å². The molecule has 3 N–H and O–H groups in total. The lowest BCUT2D eigenvalue weighted by Gasteiger charge is -2.16. The smallest absolute Gasteiger partial charge is 0.347 e. The molecule has 8 nitrogen and oxygen atoms in total. The number of nitrogens with one attached hydrogen (secondary N) is 1. The summed E-state index contributed by atoms with van der Waals surface area (Å²) >= 11 is 0. The number of ether oxygens (including phenoxy) is 2. The van der Waals surface area contributed by atoms with Crippen LogP contribution in [0, 0.1) is 0 Å². The molecule has 2 aromatic carbocycles. The number of nitrogens with two attached hydrogens (primary N) is 1. The number of esters is 1. The minimum atomic E-state index is -0.722. The first-order chi connectivity index (χ1) is 14.6. The van der Waals surface area contributed by atoms with E-state index in [1.807, 2.05) is 49.4 Å². The van der Waals surface area contributed by atoms with Crippen LogP contribution >= 0.6 is 0 Å². The van der Waals surface area contributed by atoms with Crippen molar-refractivity contribution in [3.8, 4) is 5.75 Å². The highest BCUT2D eigenvalue weighted by Crippen LogP contribution is 2.19. The van der Waals surface area contributed by atoms with Gasteiger partial charge in [-0.2, -0.15) is 15.0 Å². The first-order valence-electron chi connectivity index (χ1n) is 9.82. The molecule has 0 aliphatic rings. The summed E-state index contributed by atoms with van der Waals surface area (Å²) in [4.78, 5) is 24.9. The van der Waals surface area contributed by atoms with E-state index in [2.05, 4.69) is 27.2 Å². The van der Waals surface area contributed by atoms with Crippen LogP contribution in [0.5, 0.6) is 5.75 Å². The lowest BCUT2D eigenvalue weighted by molar-refractivity contribution is -0.153. The van der Waals surface area contributed by atoms with Crippen LogP contribution in [0.15, 0.2) is 54.6 Å². The first-order valence-corrected chi connectivity index (χ1v) is 9.82. The van der Waals surface area contributed by atoms with Crippen LogP contribution in [0.3, 0.4) is 0 Å². The van der Waals surface area contributed by atoms with E-state index in [1.165, 1.54) is 0 Å². The molecule has 30 heavy (non-hydrogen) atoms. The molecule has 1 aromatic heterocycles. The molecule has 0 aliphatic carbocycles. The molecule has 8 heteroatoms. The third-order valence-corrected chi connectivity index (χ3v) is 4.34. The fraction of sp³-hybridized carbons (Fsp3) is 0.273. The van der Waals surface area contributed by atoms with Crippen molar-refractivity contribution in [3.05, 3.63) is 66.0 Å². The number of nitrogens with zero attached hydrogens (tertiary/aromatic N) is 3. The average Bonchev–Trinajstić information content (AvgIpc) is 2.76. The van der Waals surface area contributed by atoms with Crippen LogP contribution in [-0.2, 0) is 22.6 Å². The van der Waals surface area contributed by atoms with Gasteiger partial charge in [-0.05, 0) is 36.6 Å². The number of benzene rings is 2. The van der Waals surface area contributed by atoms with E-state index in [4.69, 9.17) is 15.2 Å². The standard InChI is InChI=1S/C22H25N5O3/c1-3-15-10-8-9-13-17(15)24-22-26-19(25-21(23)27-22)14-29-20(28)18(4-2)30-16-11-6-5-7-12-16/h5-13,18H,3-4,14H2,1-2H3,(H3,23,24,25,26,27)/t18-/m0/s1. The summed E-state index contributed by atoms with van der Waals surface area (Å²) in [7, 11) is 0. The Labute approximate surface area is 175 Å². The van der Waals surface area contributed by atoms with Crippen molar-refractivity contribution in [2.24, 2.45) is 0 Å². The minimum Gasteiger partial charge on any atom is -0.479 e. The Hall–Kier alpha value is -3.68. The van der Waals surface area contributed by atoms with E-state index < -0.39 is 12.1 Å². The van der Waals surface area contributed by atoms with Crippen LogP contribution in [0.2, 0.25) is 0 Å². The Morgan fingerprint density at radius 2 is 1.77 bits per heavy atom. The van der Waals surface area contributed by atoms with Crippen LogP contribution in [0.25, 0.3) is 0 Å². The molecule has 0 bridgehead atoms. The van der Waals surface area contributed by atoms with Crippen LogP contribution in [-0.4, -0.2) is 27.0 Å². The molecule has 1 atom stereocenters. The van der Waals surface area contributed by atoms with Gasteiger partial charge in [0.25, 0.3) is 0 Å². The third kappa shape index (κ3) is 5.66. The van der Waals surface area contributed by atoms with Crippen molar-refractivity contribution in [2.75, 3.05) is 11.1 Å². The largest absolute Gasteiger partial charge is 0.479 e. The van der Waals surface area contributed by atoms with Crippen molar-refractivity contribution >= 4 is 23.6 Å². The van der Waals surface area contributed by atoms with Gasteiger partial charge in [-0.15, -0.1) is 0 Å². The average molecular weight is 407 g/mol. The maximum Gasteiger partial charge on any atom is 0.347 e. The fourth-order valence-electron chi connectivity index (χ4n) is 2.82. The Morgan fingerprint density at radius 1 is 1.03 bits per heavy atom. The maximum absolute atomic E-state index is 12.4. The van der Waals surface area contributed by atoms with Crippen molar-refractivity contribution in [3.63, 3.8) is 0 Å². The molecule has 0 unspecified atom stereocenters. The second-order valence-electron chi connectivity index (χ2n) is 6.50. The first kappa shape index (κ1) is 21.0. The highest BCUT2D eigenvalue weighted by Gasteiger charge is 2.21. The second kappa shape index (κ2) is 10.2. The number of para-hydroxylation sites is 2. The van der Waals surface area contributed by atoms with Crippen molar-refractivity contribution in [1.29, 1.82) is 0 Å². The number of carbonyl (C=O) groups is 1. The van der Waals surface area contributed by atoms with Gasteiger partial charge in [0, 0.05) is 5.69 Å². The Balaban J connectivity index is 1.65. The summed E-state index contributed by atoms with van der Waals surface area (Å²) in [6.45, 7) is 3.78. The van der Waals surface area contributed by atoms with Crippen molar-refractivity contribution < 1.29 is 14.3 Å². The van der Waals surface area contributed by atoms with Gasteiger partial charge in [0.1, 0.15) is 5.75 Å². The van der Waals surface area contributed by atoms with Gasteiger partial charge >= 0.3 is 5.97 Å². The van der Waals surface area contributed by atoms with E-state index in [-0.39, 0.29) is 18.4 Å². The van der Waals surface area contributed by atoms with E-state index in [9.17, 15) is 4.79 Å². The summed E-state index contributed by atoms with van der Waals surface area (Å²) in [5, 5.41) is 3.15. The molecular formula is C22H25N5O3. The number of anilines is 3. The molecule has 0 saturated heterocycles. The van der Waals surface area contributed by atoms with Crippen LogP contribution < -0.4 is 15.8 Å². The second-order valence-corrected chi connectivity index (χ2v) is 6.50. The number of rotatable bonds is 9. The molecule has 156 valence electrons. The fourth-order valence-corrected chi connectivity index (χ4v) is 2.82. The zero-order chi connectivity index (χ0) is 21.3. The lowest BCUT2D eigenvalue weighted by Crippen LogP contribution is -2.28. The predicted octanol–water partition coefficient (Wildman–Crippen LogP) is 3.66. The molecule has 0 fully saturated rings. The number of aryl methyl sites for hydroxylation is 1. The zero-order valence-corrected chi connectivity index (χ0v) is 17.0. The topological polar surface area (TPSA) is 112 Å². The Morgan fingerprint density at radius 3 is 2.50 bits per heavy atom. The molecule has 0 radical (unpaired) electrons. The number of aromatic nitrogens is 3. The van der Waals surface area contributed by atoms with Gasteiger partial charge in [0.15, 0.2) is 18.5 Å². The third-order valence-electron chi connectivity index (χ3n) is 4.34. The summed E-state index contributed by atoms with van der Waals surface area (Å²) in [6.07, 6.45) is 0.599. The minimum absolute atomic E-state index is 0.0418. The monoisotopic (exact) mass is 407 g/mol. The van der Waals surface area contributed by atoms with E-state index >= 15 is 0 Å².